The Labute approximate surface area is 489 Å². The summed E-state index contributed by atoms with van der Waals surface area (Å²) < 4.78 is 68.4. The third-order valence-electron chi connectivity index (χ3n) is 24.0. The average molecular weight is 1210 g/mol. The fraction of sp³-hybridized carbons (Fsp3) is 1.00. The number of aliphatic hydroxyl groups is 15. The lowest BCUT2D eigenvalue weighted by Gasteiger charge is -2.75. The highest BCUT2D eigenvalue weighted by Crippen LogP contribution is 2.80. The number of ether oxygens (including phenoxy) is 11. The summed E-state index contributed by atoms with van der Waals surface area (Å²) in [6.07, 6.45) is -32.8. The van der Waals surface area contributed by atoms with Crippen molar-refractivity contribution in [3.8, 4) is 0 Å². The van der Waals surface area contributed by atoms with Gasteiger partial charge < -0.3 is 129 Å². The van der Waals surface area contributed by atoms with E-state index in [1.165, 1.54) is 0 Å². The predicted octanol–water partition coefficient (Wildman–Crippen LogP) is -3.25. The molecule has 84 heavy (non-hydrogen) atoms. The Morgan fingerprint density at radius 3 is 1.63 bits per heavy atom. The number of hydrogen-bond donors (Lipinski definition) is 15. The molecule has 0 aromatic carbocycles. The topological polar surface area (TPSA) is 405 Å². The Morgan fingerprint density at radius 1 is 0.440 bits per heavy atom. The van der Waals surface area contributed by atoms with Gasteiger partial charge in [0.1, 0.15) is 110 Å². The van der Waals surface area contributed by atoms with E-state index in [-0.39, 0.29) is 50.4 Å². The molecule has 11 aliphatic rings. The monoisotopic (exact) mass is 1210 g/mol. The first-order valence-electron chi connectivity index (χ1n) is 30.6. The first-order valence-corrected chi connectivity index (χ1v) is 30.6. The van der Waals surface area contributed by atoms with Crippen LogP contribution in [0.4, 0.5) is 0 Å². The molecule has 6 aliphatic heterocycles. The van der Waals surface area contributed by atoms with Gasteiger partial charge in [-0.25, -0.2) is 0 Å². The van der Waals surface area contributed by atoms with Crippen LogP contribution in [-0.2, 0) is 52.1 Å². The van der Waals surface area contributed by atoms with Crippen molar-refractivity contribution in [2.24, 2.45) is 50.2 Å². The lowest BCUT2D eigenvalue weighted by atomic mass is 9.30. The van der Waals surface area contributed by atoms with Crippen LogP contribution in [-0.4, -0.2) is 275 Å². The quantitative estimate of drug-likeness (QED) is 0.0806. The first-order chi connectivity index (χ1) is 39.5. The Kier molecular flexibility index (Phi) is 17.9. The van der Waals surface area contributed by atoms with Gasteiger partial charge in [-0.15, -0.1) is 0 Å². The number of aliphatic hydroxyl groups excluding tert-OH is 15. The largest absolute Gasteiger partial charge is 0.394 e. The molecule has 1 spiro atoms. The molecule has 33 atom stereocenters. The second kappa shape index (κ2) is 23.3. The lowest BCUT2D eigenvalue weighted by molar-refractivity contribution is -0.402. The van der Waals surface area contributed by atoms with Crippen LogP contribution >= 0.6 is 0 Å². The van der Waals surface area contributed by atoms with Crippen molar-refractivity contribution in [2.75, 3.05) is 39.6 Å². The van der Waals surface area contributed by atoms with Crippen LogP contribution in [0.3, 0.4) is 0 Å². The maximum absolute atomic E-state index is 12.6. The number of hydrogen-bond acceptors (Lipinski definition) is 26. The predicted molar refractivity (Wildman–Crippen MR) is 283 cm³/mol. The minimum atomic E-state index is -2.03. The standard InChI is InChI=1S/C58H96O26/c1-52(2)14-15-57-23-76-58(31(57)16-52)13-9-30-54(5)11-10-33(53(3,4)29(54)8-12-55(30,6)56(58,7)17-32(57)63)81-50-45(84-49-42(72)39(69)36(66)26(19-60)78-49)37(67)28(22-75-50)80-51-46(83-47-40(70)34(64)24(62)21-74-47)43(73)44(27(20-61)79-51)82-48-41(71)38(68)35(65)25(18-59)77-48/h24-51,59-73H,8-23H2,1-7H3/t24-,25-,26-,27-,28+,29+,30-,31-,32-,33+,34+,35-,36-,37+,38+,39+,40-,41-,42-,43+,44-,45-,46-,47+,48+,49+,50+,51+,54+,55-,56+,57-,58+/m1/s1. The van der Waals surface area contributed by atoms with Crippen LogP contribution in [0.2, 0.25) is 0 Å². The zero-order valence-corrected chi connectivity index (χ0v) is 49.2. The molecular formula is C58H96O26. The van der Waals surface area contributed by atoms with Gasteiger partial charge in [-0.3, -0.25) is 0 Å². The van der Waals surface area contributed by atoms with E-state index in [1.54, 1.807) is 0 Å². The molecule has 5 saturated carbocycles. The van der Waals surface area contributed by atoms with Crippen LogP contribution in [0.15, 0.2) is 0 Å². The van der Waals surface area contributed by atoms with E-state index in [1.807, 2.05) is 0 Å². The SMILES string of the molecule is CC1(C)CC[C@]23CO[C@@]4(CC[C@@H]5[C@@]6(C)CC[C@H](O[C@@H]7OC[C@H](O[C@@H]8O[C@H](CO)[C@@H](O[C@@H]9O[C@H](CO)[C@@H](O)[C@H](O)[C@H]9O)[C@H](O)[C@H]8O[C@@H]8OC[C@@H](O)[C@H](O)[C@H]8O)[C@H](O)[C@H]7O[C@@H]7O[C@H](CO)[C@@H](O)[C@H](O)[C@H]7O)C(C)(C)[C@@H]6CC[C@@]5(C)[C@]4(C)C[C@H]2O)[C@@H]3C1. The van der Waals surface area contributed by atoms with Gasteiger partial charge in [-0.2, -0.15) is 0 Å². The summed E-state index contributed by atoms with van der Waals surface area (Å²) in [4.78, 5) is 0. The summed E-state index contributed by atoms with van der Waals surface area (Å²) >= 11 is 0. The van der Waals surface area contributed by atoms with E-state index in [2.05, 4.69) is 48.5 Å². The van der Waals surface area contributed by atoms with Crippen LogP contribution in [0, 0.1) is 50.2 Å². The van der Waals surface area contributed by atoms with E-state index < -0.39 is 192 Å². The summed E-state index contributed by atoms with van der Waals surface area (Å²) in [7, 11) is 0. The van der Waals surface area contributed by atoms with Gasteiger partial charge in [0.25, 0.3) is 0 Å². The molecule has 26 heteroatoms. The first kappa shape index (κ1) is 64.5. The normalized spacial score (nSPS) is 57.1. The van der Waals surface area contributed by atoms with Crippen molar-refractivity contribution in [1.82, 2.24) is 0 Å². The summed E-state index contributed by atoms with van der Waals surface area (Å²) in [5.41, 5.74) is -1.59. The molecule has 11 fully saturated rings. The fourth-order valence-electron chi connectivity index (χ4n) is 18.9. The molecule has 2 bridgehead atoms. The lowest BCUT2D eigenvalue weighted by Crippen LogP contribution is -2.74. The molecule has 11 rings (SSSR count). The molecule has 0 amide bonds. The van der Waals surface area contributed by atoms with Gasteiger partial charge in [0.15, 0.2) is 31.5 Å². The van der Waals surface area contributed by atoms with Crippen LogP contribution < -0.4 is 0 Å². The van der Waals surface area contributed by atoms with Crippen LogP contribution in [0.25, 0.3) is 0 Å². The van der Waals surface area contributed by atoms with E-state index in [0.29, 0.717) is 19.4 Å². The molecule has 6 saturated heterocycles. The summed E-state index contributed by atoms with van der Waals surface area (Å²) in [5, 5.41) is 164. The minimum absolute atomic E-state index is 0.121. The van der Waals surface area contributed by atoms with Gasteiger partial charge in [-0.05, 0) is 104 Å². The zero-order valence-electron chi connectivity index (χ0n) is 49.2. The van der Waals surface area contributed by atoms with Gasteiger partial charge >= 0.3 is 0 Å². The molecule has 6 heterocycles. The van der Waals surface area contributed by atoms with Crippen molar-refractivity contribution in [3.63, 3.8) is 0 Å². The van der Waals surface area contributed by atoms with Crippen molar-refractivity contribution >= 4 is 0 Å². The Hall–Kier alpha value is -1.04. The molecule has 5 aliphatic carbocycles. The number of rotatable bonds is 13. The summed E-state index contributed by atoms with van der Waals surface area (Å²) in [5.74, 6) is 0.673. The molecule has 15 N–H and O–H groups in total. The Balaban J connectivity index is 0.853. The highest BCUT2D eigenvalue weighted by atomic mass is 16.8. The molecule has 0 aromatic heterocycles. The van der Waals surface area contributed by atoms with Crippen LogP contribution in [0.5, 0.6) is 0 Å². The zero-order chi connectivity index (χ0) is 60.8. The van der Waals surface area contributed by atoms with Crippen LogP contribution in [0.1, 0.15) is 113 Å². The highest BCUT2D eigenvalue weighted by molar-refractivity contribution is 5.28. The molecular weight excluding hydrogens is 1110 g/mol. The van der Waals surface area contributed by atoms with E-state index in [9.17, 15) is 76.6 Å². The fourth-order valence-corrected chi connectivity index (χ4v) is 18.9. The average Bonchev–Trinajstić information content (AvgIpc) is 1.29. The molecule has 0 unspecified atom stereocenters. The van der Waals surface area contributed by atoms with Crippen molar-refractivity contribution in [2.45, 2.75) is 272 Å². The Bertz CT molecular complexity index is 2280. The molecule has 484 valence electrons. The summed E-state index contributed by atoms with van der Waals surface area (Å²) in [6, 6.07) is 0. The number of fused-ring (bicyclic) bond motifs is 4. The highest BCUT2D eigenvalue weighted by Gasteiger charge is 2.80. The van der Waals surface area contributed by atoms with Gasteiger partial charge in [0.05, 0.1) is 57.5 Å². The Morgan fingerprint density at radius 2 is 1.00 bits per heavy atom. The molecule has 0 radical (unpaired) electrons. The smallest absolute Gasteiger partial charge is 0.187 e. The molecule has 0 aromatic rings. The van der Waals surface area contributed by atoms with Gasteiger partial charge in [0.2, 0.25) is 0 Å². The molecule has 26 nitrogen and oxygen atoms in total. The second-order valence-electron chi connectivity index (χ2n) is 29.0. The third kappa shape index (κ3) is 10.0. The maximum Gasteiger partial charge on any atom is 0.187 e. The van der Waals surface area contributed by atoms with Gasteiger partial charge in [-0.1, -0.05) is 48.5 Å². The van der Waals surface area contributed by atoms with E-state index in [0.717, 1.165) is 51.4 Å². The summed E-state index contributed by atoms with van der Waals surface area (Å²) in [6.45, 7) is 13.4. The van der Waals surface area contributed by atoms with Gasteiger partial charge in [0, 0.05) is 10.8 Å². The third-order valence-corrected chi connectivity index (χ3v) is 24.0. The van der Waals surface area contributed by atoms with Crippen molar-refractivity contribution in [3.05, 3.63) is 0 Å². The van der Waals surface area contributed by atoms with Crippen molar-refractivity contribution < 1.29 is 129 Å². The van der Waals surface area contributed by atoms with Crippen molar-refractivity contribution in [1.29, 1.82) is 0 Å². The van der Waals surface area contributed by atoms with E-state index >= 15 is 0 Å². The minimum Gasteiger partial charge on any atom is -0.394 e. The van der Waals surface area contributed by atoms with E-state index in [4.69, 9.17) is 52.1 Å². The maximum atomic E-state index is 12.6. The second-order valence-corrected chi connectivity index (χ2v) is 29.0.